The van der Waals surface area contributed by atoms with Crippen LogP contribution in [-0.4, -0.2) is 33.2 Å². The van der Waals surface area contributed by atoms with E-state index in [9.17, 15) is 0 Å². The van der Waals surface area contributed by atoms with Gasteiger partial charge >= 0.3 is 0 Å². The number of para-hydroxylation sites is 6. The highest BCUT2D eigenvalue weighted by Crippen LogP contribution is 2.44. The molecule has 0 fully saturated rings. The minimum Gasteiger partial charge on any atom is -0.309 e. The van der Waals surface area contributed by atoms with Gasteiger partial charge in [0.2, 0.25) is 5.95 Å². The predicted molar refractivity (Wildman–Crippen MR) is 518 cm³/mol. The van der Waals surface area contributed by atoms with Crippen LogP contribution in [0, 0.1) is 0 Å². The van der Waals surface area contributed by atoms with Gasteiger partial charge < -0.3 is 9.13 Å². The third kappa shape index (κ3) is 13.2. The highest BCUT2D eigenvalue weighted by molar-refractivity contribution is 6.15. The molecule has 0 N–H and O–H groups in total. The summed E-state index contributed by atoms with van der Waals surface area (Å²) in [6.45, 7) is 0. The SMILES string of the molecule is c1ccc(-c2ccc(-c3cc(-c4ccc(-c5ccccc5)cc4)nc(-n4c5ccccc5c5cc(-c6ccc7c(c6)c6ccccc6n7-c6ccccc6)ccc54)c3)cc2)cc1.c1ccc(-c2ccc(-c3cc(-c4ccc(-c5ccccc5)cc4)nc(-n4c5ccccc5c5cc(-c6ccc7c(c6)c6ccccc6n7-c6ccccc6)ccc54)n3)cc2)cc1. The summed E-state index contributed by atoms with van der Waals surface area (Å²) in [5.41, 5.74) is 33.7. The monoisotopic (exact) mass is 1580 g/mol. The molecule has 7 heteroatoms. The quantitative estimate of drug-likeness (QED) is 0.109. The first-order valence-electron chi connectivity index (χ1n) is 42.3. The van der Waals surface area contributed by atoms with E-state index in [-0.39, 0.29) is 0 Å². The Morgan fingerprint density at radius 1 is 0.129 bits per heavy atom. The fourth-order valence-corrected chi connectivity index (χ4v) is 18.4. The van der Waals surface area contributed by atoms with E-state index in [0.717, 1.165) is 100 Å². The number of hydrogen-bond donors (Lipinski definition) is 0. The van der Waals surface area contributed by atoms with Crippen LogP contribution in [0.15, 0.2) is 467 Å². The maximum Gasteiger partial charge on any atom is 0.235 e. The zero-order valence-electron chi connectivity index (χ0n) is 67.6. The van der Waals surface area contributed by atoms with Crippen molar-refractivity contribution in [3.05, 3.63) is 467 Å². The van der Waals surface area contributed by atoms with E-state index >= 15 is 0 Å². The molecule has 24 aromatic rings. The maximum atomic E-state index is 5.47. The van der Waals surface area contributed by atoms with Crippen LogP contribution in [0.25, 0.3) is 222 Å². The molecule has 0 aliphatic heterocycles. The van der Waals surface area contributed by atoms with Crippen LogP contribution >= 0.6 is 0 Å². The van der Waals surface area contributed by atoms with Gasteiger partial charge in [0.1, 0.15) is 5.82 Å². The normalized spacial score (nSPS) is 11.5. The Kier molecular flexibility index (Phi) is 18.1. The van der Waals surface area contributed by atoms with E-state index in [2.05, 4.69) is 485 Å². The average molecular weight is 1580 g/mol. The van der Waals surface area contributed by atoms with E-state index < -0.39 is 0 Å². The smallest absolute Gasteiger partial charge is 0.235 e. The van der Waals surface area contributed by atoms with Crippen LogP contribution in [0.2, 0.25) is 0 Å². The molecule has 7 nitrogen and oxygen atoms in total. The van der Waals surface area contributed by atoms with Crippen molar-refractivity contribution in [2.24, 2.45) is 0 Å². The molecule has 0 atom stereocenters. The van der Waals surface area contributed by atoms with Crippen LogP contribution in [0.1, 0.15) is 0 Å². The number of nitrogens with zero attached hydrogens (tertiary/aromatic N) is 7. The van der Waals surface area contributed by atoms with Gasteiger partial charge in [-0.3, -0.25) is 9.13 Å². The Bertz CT molecular complexity index is 7450. The summed E-state index contributed by atoms with van der Waals surface area (Å²) >= 11 is 0. The summed E-state index contributed by atoms with van der Waals surface area (Å²) in [6, 6.07) is 167. The first-order chi connectivity index (χ1) is 61.5. The lowest BCUT2D eigenvalue weighted by Crippen LogP contribution is -2.04. The van der Waals surface area contributed by atoms with Crippen molar-refractivity contribution < 1.29 is 0 Å². The fraction of sp³-hybridized carbons (Fsp3) is 0. The minimum atomic E-state index is 0.630. The van der Waals surface area contributed by atoms with E-state index in [1.54, 1.807) is 0 Å². The van der Waals surface area contributed by atoms with Crippen LogP contribution in [0.4, 0.5) is 0 Å². The lowest BCUT2D eigenvalue weighted by atomic mass is 9.98. The van der Waals surface area contributed by atoms with Crippen LogP contribution < -0.4 is 0 Å². The Morgan fingerprint density at radius 2 is 0.355 bits per heavy atom. The molecule has 0 aliphatic rings. The zero-order chi connectivity index (χ0) is 82.0. The number of fused-ring (bicyclic) bond motifs is 12. The molecule has 6 heterocycles. The molecule has 0 aliphatic carbocycles. The van der Waals surface area contributed by atoms with Crippen molar-refractivity contribution >= 4 is 87.2 Å². The van der Waals surface area contributed by atoms with Crippen molar-refractivity contribution in [1.29, 1.82) is 0 Å². The van der Waals surface area contributed by atoms with Crippen molar-refractivity contribution in [2.75, 3.05) is 0 Å². The standard InChI is InChI=1S/C59H39N3.C58H38N4/c1-4-14-40(15-5-1)42-24-26-44(27-25-42)48-38-54(45-30-28-43(29-31-45)41-16-6-2-7-17-41)60-59(39-48)62-56-23-13-11-21-51(56)53-37-47(33-35-58(53)62)46-32-34-57-52(36-46)50-20-10-12-22-55(50)61(57)49-18-8-3-9-19-49;1-4-14-39(15-5-1)41-24-28-43(29-25-41)52-38-53(44-30-26-42(27-31-44)40-16-6-2-7-17-40)60-58(59-52)62-55-23-13-11-21-49(55)51-37-46(33-35-57(51)62)45-32-34-56-50(36-45)48-20-10-12-22-54(48)61(56)47-18-8-3-9-19-47/h1-39H;1-38H. The Labute approximate surface area is 717 Å². The molecule has 0 spiro atoms. The van der Waals surface area contributed by atoms with E-state index in [1.165, 1.54) is 116 Å². The van der Waals surface area contributed by atoms with Gasteiger partial charge in [0.15, 0.2) is 0 Å². The summed E-state index contributed by atoms with van der Waals surface area (Å²) in [6.07, 6.45) is 0. The molecule has 124 heavy (non-hydrogen) atoms. The maximum absolute atomic E-state index is 5.47. The van der Waals surface area contributed by atoms with E-state index in [0.29, 0.717) is 5.95 Å². The second-order valence-corrected chi connectivity index (χ2v) is 31.8. The number of hydrogen-bond acceptors (Lipinski definition) is 3. The van der Waals surface area contributed by atoms with Gasteiger partial charge in [-0.15, -0.1) is 0 Å². The largest absolute Gasteiger partial charge is 0.309 e. The van der Waals surface area contributed by atoms with Gasteiger partial charge in [0, 0.05) is 71.2 Å². The lowest BCUT2D eigenvalue weighted by molar-refractivity contribution is 0.995. The molecular formula is C117H77N7. The molecule has 0 bridgehead atoms. The molecule has 0 radical (unpaired) electrons. The van der Waals surface area contributed by atoms with E-state index in [4.69, 9.17) is 15.0 Å². The molecular weight excluding hydrogens is 1500 g/mol. The van der Waals surface area contributed by atoms with Gasteiger partial charge in [-0.2, -0.15) is 0 Å². The van der Waals surface area contributed by atoms with Crippen LogP contribution in [0.3, 0.4) is 0 Å². The summed E-state index contributed by atoms with van der Waals surface area (Å²) in [5.74, 6) is 1.51. The van der Waals surface area contributed by atoms with Crippen LogP contribution in [0.5, 0.6) is 0 Å². The molecule has 18 aromatic carbocycles. The number of aromatic nitrogens is 7. The van der Waals surface area contributed by atoms with Crippen molar-refractivity contribution in [3.63, 3.8) is 0 Å². The van der Waals surface area contributed by atoms with Crippen LogP contribution in [-0.2, 0) is 0 Å². The third-order valence-corrected chi connectivity index (χ3v) is 24.5. The molecule has 6 aromatic heterocycles. The molecule has 24 rings (SSSR count). The number of benzene rings is 18. The molecule has 0 amide bonds. The lowest BCUT2D eigenvalue weighted by Gasteiger charge is -2.14. The fourth-order valence-electron chi connectivity index (χ4n) is 18.4. The predicted octanol–water partition coefficient (Wildman–Crippen LogP) is 30.6. The Morgan fingerprint density at radius 3 is 0.685 bits per heavy atom. The van der Waals surface area contributed by atoms with Gasteiger partial charge in [0.25, 0.3) is 0 Å². The zero-order valence-corrected chi connectivity index (χ0v) is 67.6. The topological polar surface area (TPSA) is 58.4 Å². The average Bonchev–Trinajstić information content (AvgIpc) is 1.62. The minimum absolute atomic E-state index is 0.630. The van der Waals surface area contributed by atoms with Crippen molar-refractivity contribution in [1.82, 2.24) is 33.2 Å². The summed E-state index contributed by atoms with van der Waals surface area (Å²) < 4.78 is 9.31. The van der Waals surface area contributed by atoms with Gasteiger partial charge in [0.05, 0.1) is 61.2 Å². The summed E-state index contributed by atoms with van der Waals surface area (Å²) in [4.78, 5) is 16.2. The molecule has 580 valence electrons. The first-order valence-corrected chi connectivity index (χ1v) is 42.3. The highest BCUT2D eigenvalue weighted by Gasteiger charge is 2.23. The Hall–Kier alpha value is -16.6. The Balaban J connectivity index is 0.000000143. The summed E-state index contributed by atoms with van der Waals surface area (Å²) in [5, 5.41) is 9.65. The highest BCUT2D eigenvalue weighted by atomic mass is 15.2. The summed E-state index contributed by atoms with van der Waals surface area (Å²) in [7, 11) is 0. The van der Waals surface area contributed by atoms with Gasteiger partial charge in [-0.25, -0.2) is 15.0 Å². The van der Waals surface area contributed by atoms with Gasteiger partial charge in [-0.1, -0.05) is 352 Å². The molecule has 0 saturated heterocycles. The first kappa shape index (κ1) is 72.6. The van der Waals surface area contributed by atoms with Gasteiger partial charge in [-0.05, 0) is 193 Å². The number of pyridine rings is 1. The number of rotatable bonds is 14. The van der Waals surface area contributed by atoms with Crippen molar-refractivity contribution in [3.8, 4) is 135 Å². The molecule has 0 saturated carbocycles. The second kappa shape index (κ2) is 31.0. The molecule has 0 unspecified atom stereocenters. The second-order valence-electron chi connectivity index (χ2n) is 31.8. The third-order valence-electron chi connectivity index (χ3n) is 24.5. The van der Waals surface area contributed by atoms with Crippen molar-refractivity contribution in [2.45, 2.75) is 0 Å². The van der Waals surface area contributed by atoms with E-state index in [1.807, 2.05) is 0 Å².